The molecule has 0 amide bonds. The highest BCUT2D eigenvalue weighted by Crippen LogP contribution is 2.33. The van der Waals surface area contributed by atoms with Crippen LogP contribution in [0.1, 0.15) is 6.42 Å². The number of nitro benzene ring substituents is 1. The number of ether oxygens (including phenoxy) is 4. The van der Waals surface area contributed by atoms with Crippen LogP contribution in [0.4, 0.5) is 10.5 Å². The van der Waals surface area contributed by atoms with Gasteiger partial charge in [0.05, 0.1) is 24.1 Å². The van der Waals surface area contributed by atoms with Crippen molar-refractivity contribution in [1.29, 1.82) is 0 Å². The van der Waals surface area contributed by atoms with Gasteiger partial charge >= 0.3 is 6.16 Å². The van der Waals surface area contributed by atoms with Crippen molar-refractivity contribution in [2.75, 3.05) is 13.2 Å². The molecule has 0 aromatic heterocycles. The lowest BCUT2D eigenvalue weighted by Gasteiger charge is -2.15. The highest BCUT2D eigenvalue weighted by atomic mass is 16.8. The smallest absolute Gasteiger partial charge is 0.428 e. The summed E-state index contributed by atoms with van der Waals surface area (Å²) in [4.78, 5) is 21.7. The Labute approximate surface area is 119 Å². The number of fused-ring (bicyclic) bond motifs is 1. The van der Waals surface area contributed by atoms with Gasteiger partial charge in [0.2, 0.25) is 0 Å². The Morgan fingerprint density at radius 1 is 1.29 bits per heavy atom. The number of carbonyl (C=O) groups excluding carboxylic acids is 1. The second-order valence-electron chi connectivity index (χ2n) is 4.78. The van der Waals surface area contributed by atoms with Gasteiger partial charge in [0.1, 0.15) is 11.9 Å². The van der Waals surface area contributed by atoms with E-state index in [1.807, 2.05) is 0 Å². The maximum atomic E-state index is 11.7. The average molecular weight is 295 g/mol. The minimum Gasteiger partial charge on any atom is -0.428 e. The number of carbonyl (C=O) groups is 1. The average Bonchev–Trinajstić information content (AvgIpc) is 3.04. The third-order valence-corrected chi connectivity index (χ3v) is 3.48. The van der Waals surface area contributed by atoms with Gasteiger partial charge in [-0.15, -0.1) is 0 Å². The molecular weight excluding hydrogens is 282 g/mol. The van der Waals surface area contributed by atoms with Gasteiger partial charge in [-0.25, -0.2) is 4.79 Å². The van der Waals surface area contributed by atoms with E-state index in [2.05, 4.69) is 0 Å². The number of hydrogen-bond donors (Lipinski definition) is 0. The van der Waals surface area contributed by atoms with Crippen molar-refractivity contribution in [2.24, 2.45) is 5.92 Å². The molecule has 0 saturated carbocycles. The van der Waals surface area contributed by atoms with Crippen LogP contribution >= 0.6 is 0 Å². The summed E-state index contributed by atoms with van der Waals surface area (Å²) in [6.07, 6.45) is -0.768. The van der Waals surface area contributed by atoms with Gasteiger partial charge < -0.3 is 18.9 Å². The molecule has 0 bridgehead atoms. The maximum absolute atomic E-state index is 11.7. The molecule has 2 aliphatic rings. The number of rotatable bonds is 3. The molecule has 21 heavy (non-hydrogen) atoms. The molecule has 1 unspecified atom stereocenters. The molecule has 112 valence electrons. The van der Waals surface area contributed by atoms with Crippen molar-refractivity contribution < 1.29 is 28.7 Å². The molecule has 8 heteroatoms. The van der Waals surface area contributed by atoms with Gasteiger partial charge in [-0.3, -0.25) is 10.1 Å². The number of non-ortho nitro benzene ring substituents is 1. The highest BCUT2D eigenvalue weighted by molar-refractivity contribution is 5.64. The molecule has 0 N–H and O–H groups in total. The Morgan fingerprint density at radius 2 is 2.05 bits per heavy atom. The number of nitro groups is 1. The van der Waals surface area contributed by atoms with E-state index in [1.54, 1.807) is 0 Å². The van der Waals surface area contributed by atoms with E-state index in [1.165, 1.54) is 24.3 Å². The molecule has 0 spiro atoms. The molecule has 2 fully saturated rings. The number of nitrogens with zero attached hydrogens (tertiary/aromatic N) is 1. The summed E-state index contributed by atoms with van der Waals surface area (Å²) in [6, 6.07) is 5.18. The summed E-state index contributed by atoms with van der Waals surface area (Å²) in [7, 11) is 0. The number of hydrogen-bond acceptors (Lipinski definition) is 7. The zero-order chi connectivity index (χ0) is 14.8. The van der Waals surface area contributed by atoms with Crippen molar-refractivity contribution in [1.82, 2.24) is 0 Å². The fraction of sp³-hybridized carbons (Fsp3) is 0.462. The summed E-state index contributed by atoms with van der Waals surface area (Å²) >= 11 is 0. The van der Waals surface area contributed by atoms with Crippen LogP contribution in [-0.2, 0) is 14.2 Å². The van der Waals surface area contributed by atoms with Crippen LogP contribution in [0.5, 0.6) is 5.75 Å². The van der Waals surface area contributed by atoms with Crippen LogP contribution in [0, 0.1) is 16.0 Å². The molecule has 1 aromatic carbocycles. The fourth-order valence-corrected chi connectivity index (χ4v) is 2.43. The van der Waals surface area contributed by atoms with Gasteiger partial charge in [0.15, 0.2) is 6.29 Å². The first kappa shape index (κ1) is 13.8. The molecule has 2 heterocycles. The van der Waals surface area contributed by atoms with Crippen LogP contribution in [-0.4, -0.2) is 36.7 Å². The summed E-state index contributed by atoms with van der Waals surface area (Å²) in [6.45, 7) is 0.872. The zero-order valence-corrected chi connectivity index (χ0v) is 11.0. The molecule has 8 nitrogen and oxygen atoms in total. The lowest BCUT2D eigenvalue weighted by Crippen LogP contribution is -2.27. The molecule has 0 radical (unpaired) electrons. The van der Waals surface area contributed by atoms with Crippen LogP contribution < -0.4 is 4.74 Å². The van der Waals surface area contributed by atoms with Gasteiger partial charge in [0.25, 0.3) is 5.69 Å². The standard InChI is InChI=1S/C13H13NO7/c15-13(20-9-3-1-8(2-4-9)14(16)17)21-11-7-19-12-10(11)5-6-18-12/h1-4,10-12H,5-7H2/t10?,11-,12+/m0/s1. The van der Waals surface area contributed by atoms with Crippen LogP contribution in [0.2, 0.25) is 0 Å². The molecule has 2 saturated heterocycles. The maximum Gasteiger partial charge on any atom is 0.514 e. The van der Waals surface area contributed by atoms with Crippen LogP contribution in [0.25, 0.3) is 0 Å². The normalized spacial score (nSPS) is 27.1. The molecular formula is C13H13NO7. The van der Waals surface area contributed by atoms with Crippen molar-refractivity contribution in [2.45, 2.75) is 18.8 Å². The lowest BCUT2D eigenvalue weighted by molar-refractivity contribution is -0.384. The molecule has 2 aliphatic heterocycles. The first-order valence-electron chi connectivity index (χ1n) is 6.49. The summed E-state index contributed by atoms with van der Waals surface area (Å²) < 4.78 is 20.9. The minimum atomic E-state index is -0.856. The monoisotopic (exact) mass is 295 g/mol. The van der Waals surface area contributed by atoms with E-state index < -0.39 is 11.1 Å². The third kappa shape index (κ3) is 2.96. The van der Waals surface area contributed by atoms with Crippen molar-refractivity contribution >= 4 is 11.8 Å². The minimum absolute atomic E-state index is 0.0365. The second-order valence-corrected chi connectivity index (χ2v) is 4.78. The Morgan fingerprint density at radius 3 is 2.76 bits per heavy atom. The Hall–Kier alpha value is -2.19. The first-order valence-corrected chi connectivity index (χ1v) is 6.49. The van der Waals surface area contributed by atoms with Gasteiger partial charge in [-0.2, -0.15) is 0 Å². The molecule has 0 aliphatic carbocycles. The van der Waals surface area contributed by atoms with E-state index >= 15 is 0 Å². The summed E-state index contributed by atoms with van der Waals surface area (Å²) in [5, 5.41) is 10.5. The number of benzene rings is 1. The van der Waals surface area contributed by atoms with Crippen LogP contribution in [0.3, 0.4) is 0 Å². The summed E-state index contributed by atoms with van der Waals surface area (Å²) in [5.74, 6) is 0.221. The Kier molecular flexibility index (Phi) is 3.72. The SMILES string of the molecule is O=C(Oc1ccc([N+](=O)[O-])cc1)O[C@H]1CO[C@H]2OCCC21. The van der Waals surface area contributed by atoms with Crippen LogP contribution in [0.15, 0.2) is 24.3 Å². The van der Waals surface area contributed by atoms with E-state index in [4.69, 9.17) is 18.9 Å². The molecule has 3 atom stereocenters. The third-order valence-electron chi connectivity index (χ3n) is 3.48. The first-order chi connectivity index (χ1) is 10.1. The van der Waals surface area contributed by atoms with E-state index in [9.17, 15) is 14.9 Å². The topological polar surface area (TPSA) is 97.1 Å². The fourth-order valence-electron chi connectivity index (χ4n) is 2.43. The van der Waals surface area contributed by atoms with Crippen molar-refractivity contribution in [3.8, 4) is 5.75 Å². The van der Waals surface area contributed by atoms with E-state index in [0.29, 0.717) is 6.61 Å². The van der Waals surface area contributed by atoms with Gasteiger partial charge in [-0.1, -0.05) is 0 Å². The second kappa shape index (κ2) is 5.66. The van der Waals surface area contributed by atoms with Gasteiger partial charge in [0, 0.05) is 12.1 Å². The zero-order valence-electron chi connectivity index (χ0n) is 11.0. The highest BCUT2D eigenvalue weighted by Gasteiger charge is 2.44. The van der Waals surface area contributed by atoms with Gasteiger partial charge in [-0.05, 0) is 18.6 Å². The summed E-state index contributed by atoms with van der Waals surface area (Å²) in [5.41, 5.74) is -0.0779. The van der Waals surface area contributed by atoms with Crippen molar-refractivity contribution in [3.63, 3.8) is 0 Å². The van der Waals surface area contributed by atoms with Crippen molar-refractivity contribution in [3.05, 3.63) is 34.4 Å². The Balaban J connectivity index is 1.55. The molecule has 3 rings (SSSR count). The quantitative estimate of drug-likeness (QED) is 0.363. The Bertz CT molecular complexity index is 544. The van der Waals surface area contributed by atoms with E-state index in [-0.39, 0.29) is 36.4 Å². The lowest BCUT2D eigenvalue weighted by atomic mass is 10.0. The predicted molar refractivity (Wildman–Crippen MR) is 67.8 cm³/mol. The largest absolute Gasteiger partial charge is 0.514 e. The predicted octanol–water partition coefficient (Wildman–Crippen LogP) is 1.87. The molecule has 1 aromatic rings. The van der Waals surface area contributed by atoms with E-state index in [0.717, 1.165) is 6.42 Å².